The molecule has 1 aromatic rings. The molecule has 84 valence electrons. The van der Waals surface area contributed by atoms with Crippen molar-refractivity contribution < 1.29 is 0 Å². The molecule has 1 heterocycles. The molecule has 0 spiro atoms. The van der Waals surface area contributed by atoms with Gasteiger partial charge in [0.2, 0.25) is 0 Å². The van der Waals surface area contributed by atoms with Crippen molar-refractivity contribution in [3.63, 3.8) is 0 Å². The molecule has 1 N–H and O–H groups in total. The Bertz CT molecular complexity index is 470. The molecule has 0 aliphatic rings. The molecule has 0 atom stereocenters. The summed E-state index contributed by atoms with van der Waals surface area (Å²) in [7, 11) is 0. The van der Waals surface area contributed by atoms with Gasteiger partial charge in [0, 0.05) is 11.4 Å². The Balaban J connectivity index is 3.28. The lowest BCUT2D eigenvalue weighted by Crippen LogP contribution is -1.84. The minimum atomic E-state index is 0.896. The van der Waals surface area contributed by atoms with Crippen LogP contribution in [0.2, 0.25) is 0 Å². The Morgan fingerprint density at radius 2 is 1.69 bits per heavy atom. The van der Waals surface area contributed by atoms with Crippen LogP contribution >= 0.6 is 0 Å². The van der Waals surface area contributed by atoms with Gasteiger partial charge < -0.3 is 4.98 Å². The quantitative estimate of drug-likeness (QED) is 0.720. The van der Waals surface area contributed by atoms with Crippen LogP contribution in [0.1, 0.15) is 22.5 Å². The Kier molecular flexibility index (Phi) is 3.73. The van der Waals surface area contributed by atoms with Crippen molar-refractivity contribution in [3.05, 3.63) is 65.5 Å². The van der Waals surface area contributed by atoms with E-state index in [1.165, 1.54) is 22.5 Å². The number of aromatic nitrogens is 1. The molecule has 1 heteroatoms. The molecule has 1 aromatic heterocycles. The molecule has 0 saturated carbocycles. The summed E-state index contributed by atoms with van der Waals surface area (Å²) in [4.78, 5) is 3.33. The predicted molar refractivity (Wildman–Crippen MR) is 72.5 cm³/mol. The van der Waals surface area contributed by atoms with Crippen LogP contribution in [0.5, 0.6) is 0 Å². The van der Waals surface area contributed by atoms with Gasteiger partial charge in [-0.25, -0.2) is 0 Å². The van der Waals surface area contributed by atoms with Crippen LogP contribution in [0, 0.1) is 20.8 Å². The van der Waals surface area contributed by atoms with E-state index in [0.29, 0.717) is 0 Å². The molecule has 16 heavy (non-hydrogen) atoms. The van der Waals surface area contributed by atoms with Crippen molar-refractivity contribution in [1.29, 1.82) is 0 Å². The van der Waals surface area contributed by atoms with Crippen LogP contribution < -0.4 is 0 Å². The summed E-state index contributed by atoms with van der Waals surface area (Å²) >= 11 is 0. The van der Waals surface area contributed by atoms with Gasteiger partial charge in [0.15, 0.2) is 0 Å². The van der Waals surface area contributed by atoms with E-state index in [-0.39, 0.29) is 0 Å². The van der Waals surface area contributed by atoms with Gasteiger partial charge in [0.05, 0.1) is 0 Å². The second kappa shape index (κ2) is 4.84. The maximum atomic E-state index is 3.94. The zero-order valence-corrected chi connectivity index (χ0v) is 10.4. The second-order valence-electron chi connectivity index (χ2n) is 3.95. The lowest BCUT2D eigenvalue weighted by molar-refractivity contribution is 1.17. The van der Waals surface area contributed by atoms with E-state index in [1.54, 1.807) is 6.08 Å². The van der Waals surface area contributed by atoms with Gasteiger partial charge in [-0.1, -0.05) is 31.9 Å². The summed E-state index contributed by atoms with van der Waals surface area (Å²) in [6, 6.07) is 0. The first-order chi connectivity index (χ1) is 7.51. The van der Waals surface area contributed by atoms with E-state index in [2.05, 4.69) is 51.6 Å². The lowest BCUT2D eigenvalue weighted by Gasteiger charge is -2.02. The summed E-state index contributed by atoms with van der Waals surface area (Å²) in [6.07, 6.45) is 5.66. The third kappa shape index (κ3) is 2.25. The number of allylic oxidation sites excluding steroid dienone is 4. The third-order valence-corrected chi connectivity index (χ3v) is 2.88. The van der Waals surface area contributed by atoms with Crippen molar-refractivity contribution in [2.45, 2.75) is 20.8 Å². The molecular weight excluding hydrogens is 194 g/mol. The second-order valence-corrected chi connectivity index (χ2v) is 3.95. The van der Waals surface area contributed by atoms with Gasteiger partial charge >= 0.3 is 0 Å². The zero-order chi connectivity index (χ0) is 12.3. The summed E-state index contributed by atoms with van der Waals surface area (Å²) in [5, 5.41) is 0. The van der Waals surface area contributed by atoms with Gasteiger partial charge in [0.25, 0.3) is 0 Å². The Morgan fingerprint density at radius 3 is 2.06 bits per heavy atom. The molecule has 0 aromatic carbocycles. The van der Waals surface area contributed by atoms with Crippen LogP contribution in [0.3, 0.4) is 0 Å². The molecule has 0 aliphatic carbocycles. The first-order valence-electron chi connectivity index (χ1n) is 5.32. The summed E-state index contributed by atoms with van der Waals surface area (Å²) < 4.78 is 0. The topological polar surface area (TPSA) is 15.8 Å². The van der Waals surface area contributed by atoms with E-state index < -0.39 is 0 Å². The minimum absolute atomic E-state index is 0.896. The standard InChI is InChI=1S/C15H19N/c1-7-10(3)14(8-2)9-15-11(4)12(5)16-13(15)6/h7-9,16H,1-3H2,4-6H3/b14-9-. The fourth-order valence-electron chi connectivity index (χ4n) is 1.70. The fourth-order valence-corrected chi connectivity index (χ4v) is 1.70. The third-order valence-electron chi connectivity index (χ3n) is 2.88. The van der Waals surface area contributed by atoms with E-state index >= 15 is 0 Å². The normalized spacial score (nSPS) is 11.3. The number of hydrogen-bond acceptors (Lipinski definition) is 0. The first kappa shape index (κ1) is 12.3. The fraction of sp³-hybridized carbons (Fsp3) is 0.200. The number of aromatic amines is 1. The molecule has 0 saturated heterocycles. The van der Waals surface area contributed by atoms with Crippen LogP contribution in [-0.2, 0) is 0 Å². The Labute approximate surface area is 97.9 Å². The van der Waals surface area contributed by atoms with E-state index in [9.17, 15) is 0 Å². The highest BCUT2D eigenvalue weighted by Crippen LogP contribution is 2.22. The minimum Gasteiger partial charge on any atom is -0.362 e. The van der Waals surface area contributed by atoms with Crippen LogP contribution in [0.25, 0.3) is 6.08 Å². The SMILES string of the molecule is C=CC(=C)/C(C=C)=C\c1c(C)[nH]c(C)c1C. The van der Waals surface area contributed by atoms with Gasteiger partial charge in [-0.3, -0.25) is 0 Å². The maximum absolute atomic E-state index is 3.94. The number of hydrogen-bond donors (Lipinski definition) is 1. The van der Waals surface area contributed by atoms with Gasteiger partial charge in [0.1, 0.15) is 0 Å². The zero-order valence-electron chi connectivity index (χ0n) is 10.4. The van der Waals surface area contributed by atoms with E-state index in [4.69, 9.17) is 0 Å². The van der Waals surface area contributed by atoms with Gasteiger partial charge in [-0.05, 0) is 49.1 Å². The lowest BCUT2D eigenvalue weighted by atomic mass is 10.0. The first-order valence-corrected chi connectivity index (χ1v) is 5.32. The molecule has 0 unspecified atom stereocenters. The number of nitrogens with one attached hydrogen (secondary N) is 1. The van der Waals surface area contributed by atoms with Gasteiger partial charge in [-0.2, -0.15) is 0 Å². The monoisotopic (exact) mass is 213 g/mol. The highest BCUT2D eigenvalue weighted by molar-refractivity contribution is 5.67. The molecule has 1 nitrogen and oxygen atoms in total. The van der Waals surface area contributed by atoms with Crippen LogP contribution in [0.4, 0.5) is 0 Å². The molecule has 0 aliphatic heterocycles. The predicted octanol–water partition coefficient (Wildman–Crippen LogP) is 4.25. The summed E-state index contributed by atoms with van der Waals surface area (Å²) in [5.41, 5.74) is 6.78. The van der Waals surface area contributed by atoms with E-state index in [1.807, 2.05) is 6.08 Å². The van der Waals surface area contributed by atoms with Crippen molar-refractivity contribution in [1.82, 2.24) is 4.98 Å². The molecule has 0 radical (unpaired) electrons. The number of rotatable bonds is 4. The smallest absolute Gasteiger partial charge is 0.0194 e. The molecule has 1 rings (SSSR count). The average molecular weight is 213 g/mol. The average Bonchev–Trinajstić information content (AvgIpc) is 2.50. The number of H-pyrrole nitrogens is 1. The van der Waals surface area contributed by atoms with Crippen LogP contribution in [0.15, 0.2) is 43.0 Å². The molecule has 0 amide bonds. The highest BCUT2D eigenvalue weighted by Gasteiger charge is 2.06. The maximum Gasteiger partial charge on any atom is 0.0194 e. The van der Waals surface area contributed by atoms with Crippen LogP contribution in [-0.4, -0.2) is 4.98 Å². The van der Waals surface area contributed by atoms with Crippen molar-refractivity contribution in [3.8, 4) is 0 Å². The Hall–Kier alpha value is -1.76. The van der Waals surface area contributed by atoms with Gasteiger partial charge in [-0.15, -0.1) is 0 Å². The van der Waals surface area contributed by atoms with Crippen molar-refractivity contribution >= 4 is 6.08 Å². The number of aryl methyl sites for hydroxylation is 2. The van der Waals surface area contributed by atoms with Crippen molar-refractivity contribution in [2.24, 2.45) is 0 Å². The molecule has 0 bridgehead atoms. The van der Waals surface area contributed by atoms with Crippen molar-refractivity contribution in [2.75, 3.05) is 0 Å². The molecular formula is C15H19N. The Morgan fingerprint density at radius 1 is 1.06 bits per heavy atom. The summed E-state index contributed by atoms with van der Waals surface area (Å²) in [5.74, 6) is 0. The highest BCUT2D eigenvalue weighted by atomic mass is 14.7. The summed E-state index contributed by atoms with van der Waals surface area (Å²) in [6.45, 7) is 17.7. The molecule has 0 fully saturated rings. The van der Waals surface area contributed by atoms with E-state index in [0.717, 1.165) is 11.1 Å². The largest absolute Gasteiger partial charge is 0.362 e.